The number of hydrogen-bond donors (Lipinski definition) is 0. The van der Waals surface area contributed by atoms with Crippen LogP contribution in [0.2, 0.25) is 0 Å². The van der Waals surface area contributed by atoms with Crippen LogP contribution in [0.3, 0.4) is 0 Å². The fourth-order valence-corrected chi connectivity index (χ4v) is 1.62. The summed E-state index contributed by atoms with van der Waals surface area (Å²) in [5.74, 6) is 1.44. The van der Waals surface area contributed by atoms with Gasteiger partial charge in [0.1, 0.15) is 6.61 Å². The molecule has 2 aromatic rings. The van der Waals surface area contributed by atoms with Crippen molar-refractivity contribution in [2.75, 3.05) is 6.61 Å². The third-order valence-corrected chi connectivity index (χ3v) is 2.31. The fraction of sp³-hybridized carbons (Fsp3) is 0.0833. The largest absolute Gasteiger partial charge is 0.485 e. The lowest BCUT2D eigenvalue weighted by Gasteiger charge is -2.08. The van der Waals surface area contributed by atoms with Gasteiger partial charge in [-0.25, -0.2) is 0 Å². The van der Waals surface area contributed by atoms with Gasteiger partial charge in [0.25, 0.3) is 0 Å². The minimum atomic E-state index is 0.529. The van der Waals surface area contributed by atoms with Crippen LogP contribution in [0.5, 0.6) is 11.5 Å². The maximum Gasteiger partial charge on any atom is 0.187 e. The molecular formula is C12H9NO2. The lowest BCUT2D eigenvalue weighted by molar-refractivity contribution is 0.360. The number of nitrogens with zero attached hydrogens (tertiary/aromatic N) is 1. The zero-order valence-electron chi connectivity index (χ0n) is 8.01. The zero-order valence-corrected chi connectivity index (χ0v) is 8.01. The molecule has 1 aliphatic rings. The topological polar surface area (TPSA) is 31.4 Å². The zero-order chi connectivity index (χ0) is 10.1. The highest BCUT2D eigenvalue weighted by atomic mass is 16.5. The number of benzene rings is 1. The molecule has 1 aromatic carbocycles. The van der Waals surface area contributed by atoms with E-state index in [0.29, 0.717) is 12.4 Å². The second-order valence-electron chi connectivity index (χ2n) is 3.27. The van der Waals surface area contributed by atoms with Gasteiger partial charge in [-0.2, -0.15) is 0 Å². The van der Waals surface area contributed by atoms with Gasteiger partial charge in [-0.15, -0.1) is 0 Å². The Morgan fingerprint density at radius 2 is 2.13 bits per heavy atom. The lowest BCUT2D eigenvalue weighted by atomic mass is 10.2. The van der Waals surface area contributed by atoms with Gasteiger partial charge in [0, 0.05) is 5.39 Å². The van der Waals surface area contributed by atoms with Crippen LogP contribution in [0, 0.1) is 0 Å². The first kappa shape index (κ1) is 8.29. The van der Waals surface area contributed by atoms with E-state index in [4.69, 9.17) is 9.47 Å². The molecule has 0 atom stereocenters. The summed E-state index contributed by atoms with van der Waals surface area (Å²) in [6, 6.07) is 7.86. The predicted octanol–water partition coefficient (Wildman–Crippen LogP) is 2.52. The SMILES string of the molecule is C1=COc2cnc3ccccc3c2OC1. The van der Waals surface area contributed by atoms with Crippen molar-refractivity contribution in [1.82, 2.24) is 4.98 Å². The molecule has 0 saturated carbocycles. The summed E-state index contributed by atoms with van der Waals surface area (Å²) in [4.78, 5) is 4.30. The van der Waals surface area contributed by atoms with Gasteiger partial charge in [0.05, 0.1) is 18.0 Å². The Bertz CT molecular complexity index is 534. The highest BCUT2D eigenvalue weighted by Gasteiger charge is 2.11. The van der Waals surface area contributed by atoms with Crippen molar-refractivity contribution in [1.29, 1.82) is 0 Å². The number of ether oxygens (including phenoxy) is 2. The van der Waals surface area contributed by atoms with Gasteiger partial charge in [0.15, 0.2) is 11.5 Å². The fourth-order valence-electron chi connectivity index (χ4n) is 1.62. The molecule has 1 aromatic heterocycles. The second kappa shape index (κ2) is 3.28. The van der Waals surface area contributed by atoms with Gasteiger partial charge in [-0.1, -0.05) is 12.1 Å². The van der Waals surface area contributed by atoms with Gasteiger partial charge in [-0.05, 0) is 18.2 Å². The number of hydrogen-bond acceptors (Lipinski definition) is 3. The minimum absolute atomic E-state index is 0.529. The number of aromatic nitrogens is 1. The van der Waals surface area contributed by atoms with Crippen LogP contribution in [0.25, 0.3) is 10.9 Å². The molecule has 3 rings (SSSR count). The highest BCUT2D eigenvalue weighted by Crippen LogP contribution is 2.35. The third kappa shape index (κ3) is 1.32. The Morgan fingerprint density at radius 1 is 1.20 bits per heavy atom. The number of para-hydroxylation sites is 1. The van der Waals surface area contributed by atoms with Crippen molar-refractivity contribution in [3.05, 3.63) is 42.8 Å². The van der Waals surface area contributed by atoms with Crippen molar-refractivity contribution < 1.29 is 9.47 Å². The summed E-state index contributed by atoms with van der Waals surface area (Å²) in [5.41, 5.74) is 0.918. The average molecular weight is 199 g/mol. The first-order valence-electron chi connectivity index (χ1n) is 4.77. The van der Waals surface area contributed by atoms with Crippen LogP contribution in [0.15, 0.2) is 42.8 Å². The van der Waals surface area contributed by atoms with Gasteiger partial charge in [0.2, 0.25) is 0 Å². The highest BCUT2D eigenvalue weighted by molar-refractivity contribution is 5.87. The van der Waals surface area contributed by atoms with E-state index in [9.17, 15) is 0 Å². The van der Waals surface area contributed by atoms with Crippen molar-refractivity contribution >= 4 is 10.9 Å². The van der Waals surface area contributed by atoms with Crippen molar-refractivity contribution in [3.63, 3.8) is 0 Å². The van der Waals surface area contributed by atoms with E-state index in [-0.39, 0.29) is 0 Å². The summed E-state index contributed by atoms with van der Waals surface area (Å²) in [5, 5.41) is 0.985. The van der Waals surface area contributed by atoms with Crippen LogP contribution in [-0.4, -0.2) is 11.6 Å². The molecule has 15 heavy (non-hydrogen) atoms. The molecule has 0 bridgehead atoms. The molecule has 3 nitrogen and oxygen atoms in total. The Balaban J connectivity index is 2.29. The molecule has 0 radical (unpaired) electrons. The molecule has 0 unspecified atom stereocenters. The van der Waals surface area contributed by atoms with Gasteiger partial charge in [-0.3, -0.25) is 4.98 Å². The normalized spacial score (nSPS) is 13.9. The first-order valence-corrected chi connectivity index (χ1v) is 4.77. The van der Waals surface area contributed by atoms with Crippen LogP contribution < -0.4 is 9.47 Å². The molecule has 0 saturated heterocycles. The standard InChI is InChI=1S/C12H9NO2/c1-2-5-10-9(4-1)12-11(8-13-10)14-6-3-7-15-12/h1-6,8H,7H2. The second-order valence-corrected chi connectivity index (χ2v) is 3.27. The quantitative estimate of drug-likeness (QED) is 0.653. The Morgan fingerprint density at radius 3 is 3.13 bits per heavy atom. The lowest BCUT2D eigenvalue weighted by Crippen LogP contribution is -1.94. The van der Waals surface area contributed by atoms with Crippen molar-refractivity contribution in [3.8, 4) is 11.5 Å². The molecule has 0 aliphatic carbocycles. The van der Waals surface area contributed by atoms with Crippen molar-refractivity contribution in [2.24, 2.45) is 0 Å². The number of rotatable bonds is 0. The van der Waals surface area contributed by atoms with Crippen LogP contribution in [0.4, 0.5) is 0 Å². The smallest absolute Gasteiger partial charge is 0.187 e. The van der Waals surface area contributed by atoms with Crippen molar-refractivity contribution in [2.45, 2.75) is 0 Å². The molecule has 2 heterocycles. The Kier molecular flexibility index (Phi) is 1.81. The van der Waals surface area contributed by atoms with Gasteiger partial charge < -0.3 is 9.47 Å². The molecule has 0 amide bonds. The maximum atomic E-state index is 5.61. The van der Waals surface area contributed by atoms with Crippen LogP contribution >= 0.6 is 0 Å². The summed E-state index contributed by atoms with van der Waals surface area (Å²) in [6.07, 6.45) is 5.14. The van der Waals surface area contributed by atoms with E-state index in [0.717, 1.165) is 16.7 Å². The van der Waals surface area contributed by atoms with E-state index < -0.39 is 0 Å². The van der Waals surface area contributed by atoms with E-state index in [1.54, 1.807) is 12.5 Å². The van der Waals surface area contributed by atoms with E-state index >= 15 is 0 Å². The Labute approximate surface area is 87.0 Å². The summed E-state index contributed by atoms with van der Waals surface area (Å²) >= 11 is 0. The molecule has 0 fully saturated rings. The minimum Gasteiger partial charge on any atom is -0.485 e. The molecule has 0 spiro atoms. The number of fused-ring (bicyclic) bond motifs is 3. The molecule has 3 heteroatoms. The molecular weight excluding hydrogens is 190 g/mol. The predicted molar refractivity (Wildman–Crippen MR) is 57.0 cm³/mol. The molecule has 1 aliphatic heterocycles. The Hall–Kier alpha value is -2.03. The van der Waals surface area contributed by atoms with E-state index in [1.165, 1.54) is 0 Å². The average Bonchev–Trinajstić information content (AvgIpc) is 2.54. The molecule has 0 N–H and O–H groups in total. The van der Waals surface area contributed by atoms with Gasteiger partial charge >= 0.3 is 0 Å². The van der Waals surface area contributed by atoms with E-state index in [2.05, 4.69) is 4.98 Å². The number of pyridine rings is 1. The monoisotopic (exact) mass is 199 g/mol. The maximum absolute atomic E-state index is 5.61. The van der Waals surface area contributed by atoms with Crippen LogP contribution in [0.1, 0.15) is 0 Å². The molecule has 74 valence electrons. The third-order valence-electron chi connectivity index (χ3n) is 2.31. The summed E-state index contributed by atoms with van der Waals surface area (Å²) in [6.45, 7) is 0.529. The van der Waals surface area contributed by atoms with Crippen LogP contribution in [-0.2, 0) is 0 Å². The first-order chi connectivity index (χ1) is 7.45. The summed E-state index contributed by atoms with van der Waals surface area (Å²) < 4.78 is 11.0. The summed E-state index contributed by atoms with van der Waals surface area (Å²) in [7, 11) is 0. The van der Waals surface area contributed by atoms with E-state index in [1.807, 2.05) is 30.3 Å².